The Labute approximate surface area is 96.2 Å². The maximum atomic E-state index is 12.7. The number of nitrogens with zero attached hydrogens (tertiary/aromatic N) is 4. The van der Waals surface area contributed by atoms with Crippen LogP contribution in [0.25, 0.3) is 5.82 Å². The molecule has 0 radical (unpaired) electrons. The molecule has 0 atom stereocenters. The number of hydrogen-bond acceptors (Lipinski definition) is 3. The second kappa shape index (κ2) is 3.85. The third kappa shape index (κ3) is 1.92. The van der Waals surface area contributed by atoms with E-state index in [9.17, 15) is 13.2 Å². The van der Waals surface area contributed by atoms with Crippen molar-refractivity contribution in [2.45, 2.75) is 6.18 Å². The lowest BCUT2D eigenvalue weighted by molar-refractivity contribution is -0.143. The van der Waals surface area contributed by atoms with E-state index in [1.54, 1.807) is 0 Å². The molecular formula is C8H4BrF3N4. The van der Waals surface area contributed by atoms with Crippen LogP contribution in [0.2, 0.25) is 0 Å². The fraction of sp³-hybridized carbons (Fsp3) is 0.125. The molecule has 4 nitrogen and oxygen atoms in total. The van der Waals surface area contributed by atoms with E-state index in [0.717, 1.165) is 6.20 Å². The largest absolute Gasteiger partial charge is 0.434 e. The summed E-state index contributed by atoms with van der Waals surface area (Å²) in [5, 5.41) is 10.7. The van der Waals surface area contributed by atoms with Gasteiger partial charge in [-0.15, -0.1) is 5.10 Å². The van der Waals surface area contributed by atoms with Crippen LogP contribution in [-0.2, 0) is 6.18 Å². The quantitative estimate of drug-likeness (QED) is 0.811. The molecule has 2 rings (SSSR count). The van der Waals surface area contributed by atoms with Gasteiger partial charge in [0.15, 0.2) is 11.5 Å². The Morgan fingerprint density at radius 2 is 2.06 bits per heavy atom. The second-order valence-electron chi connectivity index (χ2n) is 2.83. The van der Waals surface area contributed by atoms with Gasteiger partial charge in [-0.2, -0.15) is 23.4 Å². The van der Waals surface area contributed by atoms with Crippen molar-refractivity contribution in [2.24, 2.45) is 0 Å². The molecule has 0 N–H and O–H groups in total. The molecule has 0 spiro atoms. The van der Waals surface area contributed by atoms with Crippen molar-refractivity contribution in [1.82, 2.24) is 20.0 Å². The first-order valence-electron chi connectivity index (χ1n) is 4.09. The summed E-state index contributed by atoms with van der Waals surface area (Å²) in [6.07, 6.45) is -2.07. The predicted molar refractivity (Wildman–Crippen MR) is 51.9 cm³/mol. The normalized spacial score (nSPS) is 11.8. The Morgan fingerprint density at radius 1 is 1.31 bits per heavy atom. The summed E-state index contributed by atoms with van der Waals surface area (Å²) >= 11 is 2.80. The molecule has 2 aromatic heterocycles. The molecule has 84 valence electrons. The van der Waals surface area contributed by atoms with E-state index in [2.05, 4.69) is 31.2 Å². The van der Waals surface area contributed by atoms with E-state index in [1.807, 2.05) is 0 Å². The lowest BCUT2D eigenvalue weighted by Gasteiger charge is -2.09. The topological polar surface area (TPSA) is 43.6 Å². The van der Waals surface area contributed by atoms with E-state index >= 15 is 0 Å². The molecule has 16 heavy (non-hydrogen) atoms. The molecule has 0 saturated carbocycles. The van der Waals surface area contributed by atoms with Gasteiger partial charge in [-0.3, -0.25) is 0 Å². The van der Waals surface area contributed by atoms with Crippen LogP contribution >= 0.6 is 15.9 Å². The van der Waals surface area contributed by atoms with Crippen LogP contribution in [0.1, 0.15) is 5.69 Å². The van der Waals surface area contributed by atoms with Crippen LogP contribution in [-0.4, -0.2) is 20.0 Å². The van der Waals surface area contributed by atoms with Crippen molar-refractivity contribution in [1.29, 1.82) is 0 Å². The Balaban J connectivity index is 2.60. The first-order chi connectivity index (χ1) is 7.50. The van der Waals surface area contributed by atoms with Gasteiger partial charge in [0.05, 0.1) is 10.7 Å². The molecule has 8 heteroatoms. The van der Waals surface area contributed by atoms with E-state index in [0.29, 0.717) is 4.68 Å². The predicted octanol–water partition coefficient (Wildman–Crippen LogP) is 2.44. The Bertz CT molecular complexity index is 494. The Kier molecular flexibility index (Phi) is 2.66. The van der Waals surface area contributed by atoms with Gasteiger partial charge in [-0.05, 0) is 28.1 Å². The minimum absolute atomic E-state index is 0.0144. The maximum absolute atomic E-state index is 12.7. The Morgan fingerprint density at radius 3 is 2.62 bits per heavy atom. The highest BCUT2D eigenvalue weighted by molar-refractivity contribution is 9.10. The molecule has 0 saturated heterocycles. The monoisotopic (exact) mass is 292 g/mol. The maximum Gasteiger partial charge on any atom is 0.434 e. The standard InChI is InChI=1S/C8H4BrF3N4/c9-5-4-14-16(7(5)8(10,11)12)6-2-1-3-13-15-6/h1-4H. The van der Waals surface area contributed by atoms with Crippen LogP contribution in [0.15, 0.2) is 29.0 Å². The summed E-state index contributed by atoms with van der Waals surface area (Å²) in [5.74, 6) is 0.0144. The molecule has 0 aliphatic carbocycles. The fourth-order valence-corrected chi connectivity index (χ4v) is 1.65. The van der Waals surface area contributed by atoms with Gasteiger partial charge in [0, 0.05) is 6.20 Å². The highest BCUT2D eigenvalue weighted by Crippen LogP contribution is 2.35. The van der Waals surface area contributed by atoms with Crippen molar-refractivity contribution < 1.29 is 13.2 Å². The minimum Gasteiger partial charge on any atom is -0.207 e. The molecule has 0 aliphatic heterocycles. The van der Waals surface area contributed by atoms with E-state index in [-0.39, 0.29) is 10.3 Å². The zero-order chi connectivity index (χ0) is 11.8. The van der Waals surface area contributed by atoms with Crippen LogP contribution in [0.5, 0.6) is 0 Å². The van der Waals surface area contributed by atoms with Gasteiger partial charge in [0.2, 0.25) is 0 Å². The SMILES string of the molecule is FC(F)(F)c1c(Br)cnn1-c1cccnn1. The molecule has 2 aromatic rings. The molecule has 2 heterocycles. The highest BCUT2D eigenvalue weighted by Gasteiger charge is 2.38. The van der Waals surface area contributed by atoms with E-state index in [1.165, 1.54) is 18.3 Å². The van der Waals surface area contributed by atoms with Crippen LogP contribution < -0.4 is 0 Å². The van der Waals surface area contributed by atoms with Gasteiger partial charge < -0.3 is 0 Å². The number of hydrogen-bond donors (Lipinski definition) is 0. The number of halogens is 4. The molecule has 0 unspecified atom stereocenters. The summed E-state index contributed by atoms with van der Waals surface area (Å²) in [5.41, 5.74) is -0.909. The van der Waals surface area contributed by atoms with Crippen molar-refractivity contribution >= 4 is 15.9 Å². The van der Waals surface area contributed by atoms with Crippen LogP contribution in [0.3, 0.4) is 0 Å². The third-order valence-electron chi connectivity index (χ3n) is 1.77. The molecule has 0 aromatic carbocycles. The highest BCUT2D eigenvalue weighted by atomic mass is 79.9. The summed E-state index contributed by atoms with van der Waals surface area (Å²) in [6, 6.07) is 2.87. The molecule has 0 fully saturated rings. The Hall–Kier alpha value is -1.44. The van der Waals surface area contributed by atoms with Crippen molar-refractivity contribution in [3.63, 3.8) is 0 Å². The van der Waals surface area contributed by atoms with Crippen molar-refractivity contribution in [3.8, 4) is 5.82 Å². The van der Waals surface area contributed by atoms with Gasteiger partial charge in [0.25, 0.3) is 0 Å². The molecule has 0 amide bonds. The smallest absolute Gasteiger partial charge is 0.207 e. The van der Waals surface area contributed by atoms with Gasteiger partial charge in [0.1, 0.15) is 0 Å². The molecule has 0 aliphatic rings. The first-order valence-corrected chi connectivity index (χ1v) is 4.88. The van der Waals surface area contributed by atoms with Crippen molar-refractivity contribution in [2.75, 3.05) is 0 Å². The summed E-state index contributed by atoms with van der Waals surface area (Å²) in [6.45, 7) is 0. The zero-order valence-corrected chi connectivity index (χ0v) is 9.20. The van der Waals surface area contributed by atoms with Crippen LogP contribution in [0.4, 0.5) is 13.2 Å². The average molecular weight is 293 g/mol. The van der Waals surface area contributed by atoms with Gasteiger partial charge in [-0.1, -0.05) is 0 Å². The van der Waals surface area contributed by atoms with Crippen LogP contribution in [0, 0.1) is 0 Å². The number of rotatable bonds is 1. The fourth-order valence-electron chi connectivity index (χ4n) is 1.16. The third-order valence-corrected chi connectivity index (χ3v) is 2.35. The van der Waals surface area contributed by atoms with Gasteiger partial charge in [-0.25, -0.2) is 4.68 Å². The van der Waals surface area contributed by atoms with Gasteiger partial charge >= 0.3 is 6.18 Å². The summed E-state index contributed by atoms with van der Waals surface area (Å²) < 4.78 is 38.6. The summed E-state index contributed by atoms with van der Waals surface area (Å²) in [7, 11) is 0. The zero-order valence-electron chi connectivity index (χ0n) is 7.61. The second-order valence-corrected chi connectivity index (χ2v) is 3.69. The lowest BCUT2D eigenvalue weighted by atomic mass is 10.4. The number of aromatic nitrogens is 4. The molecule has 0 bridgehead atoms. The van der Waals surface area contributed by atoms with Crippen molar-refractivity contribution in [3.05, 3.63) is 34.7 Å². The average Bonchev–Trinajstić information content (AvgIpc) is 2.61. The number of alkyl halides is 3. The first kappa shape index (κ1) is 11.1. The summed E-state index contributed by atoms with van der Waals surface area (Å²) in [4.78, 5) is 0. The lowest BCUT2D eigenvalue weighted by Crippen LogP contribution is -2.15. The molecular weight excluding hydrogens is 289 g/mol. The van der Waals surface area contributed by atoms with E-state index in [4.69, 9.17) is 0 Å². The van der Waals surface area contributed by atoms with E-state index < -0.39 is 11.9 Å². The minimum atomic E-state index is -4.51.